The van der Waals surface area contributed by atoms with Gasteiger partial charge in [0.05, 0.1) is 5.69 Å². The highest BCUT2D eigenvalue weighted by atomic mass is 79.9. The molecule has 0 amide bonds. The molecule has 2 rings (SSSR count). The number of aromatic nitrogens is 1. The van der Waals surface area contributed by atoms with Crippen molar-refractivity contribution in [3.8, 4) is 10.9 Å². The van der Waals surface area contributed by atoms with Crippen molar-refractivity contribution in [2.24, 2.45) is 0 Å². The van der Waals surface area contributed by atoms with Crippen LogP contribution in [0.4, 0.5) is 0 Å². The lowest BCUT2D eigenvalue weighted by molar-refractivity contribution is 0.0694. The molecule has 2 aromatic rings. The molecule has 0 spiro atoms. The number of halogens is 1. The van der Waals surface area contributed by atoms with Crippen LogP contribution in [0.5, 0.6) is 10.9 Å². The summed E-state index contributed by atoms with van der Waals surface area (Å²) in [6.45, 7) is 1.85. The minimum atomic E-state index is -1.03. The number of nitrogens with zero attached hydrogens (tertiary/aromatic N) is 1. The van der Waals surface area contributed by atoms with Crippen LogP contribution in [-0.2, 0) is 0 Å². The van der Waals surface area contributed by atoms with Gasteiger partial charge in [0, 0.05) is 9.85 Å². The minimum absolute atomic E-state index is 0.104. The third kappa shape index (κ3) is 2.83. The summed E-state index contributed by atoms with van der Waals surface area (Å²) in [6.07, 6.45) is 0. The lowest BCUT2D eigenvalue weighted by Gasteiger charge is -2.05. The van der Waals surface area contributed by atoms with Crippen molar-refractivity contribution in [1.82, 2.24) is 4.98 Å². The Hall–Kier alpha value is -1.40. The molecule has 0 saturated heterocycles. The molecule has 88 valence electrons. The standard InChI is InChI=1S/C11H8BrNO3S/c1-6-5-17-11(13-6)16-9-3-2-7(12)4-8(9)10(14)15/h2-5H,1H3,(H,14,15). The van der Waals surface area contributed by atoms with Crippen LogP contribution in [0, 0.1) is 6.92 Å². The topological polar surface area (TPSA) is 59.4 Å². The van der Waals surface area contributed by atoms with Gasteiger partial charge in [0.1, 0.15) is 11.3 Å². The summed E-state index contributed by atoms with van der Waals surface area (Å²) in [5.41, 5.74) is 0.950. The zero-order valence-corrected chi connectivity index (χ0v) is 11.2. The molecular formula is C11H8BrNO3S. The maximum Gasteiger partial charge on any atom is 0.339 e. The summed E-state index contributed by atoms with van der Waals surface area (Å²) in [5, 5.41) is 11.3. The summed E-state index contributed by atoms with van der Waals surface area (Å²) >= 11 is 4.55. The molecule has 0 atom stereocenters. The number of carbonyl (C=O) groups is 1. The fraction of sp³-hybridized carbons (Fsp3) is 0.0909. The van der Waals surface area contributed by atoms with E-state index in [1.807, 2.05) is 12.3 Å². The molecule has 0 aliphatic rings. The number of aromatic carboxylic acids is 1. The molecule has 4 nitrogen and oxygen atoms in total. The second-order valence-corrected chi connectivity index (χ2v) is 5.04. The van der Waals surface area contributed by atoms with E-state index in [1.54, 1.807) is 12.1 Å². The van der Waals surface area contributed by atoms with Gasteiger partial charge in [-0.2, -0.15) is 0 Å². The summed E-state index contributed by atoms with van der Waals surface area (Å²) in [4.78, 5) is 15.2. The molecule has 0 unspecified atom stereocenters. The Bertz CT molecular complexity index is 568. The maximum absolute atomic E-state index is 11.1. The van der Waals surface area contributed by atoms with E-state index >= 15 is 0 Å². The molecule has 0 saturated carbocycles. The highest BCUT2D eigenvalue weighted by Gasteiger charge is 2.13. The molecule has 0 aliphatic heterocycles. The van der Waals surface area contributed by atoms with Crippen LogP contribution in [0.15, 0.2) is 28.1 Å². The van der Waals surface area contributed by atoms with Gasteiger partial charge in [-0.05, 0) is 25.1 Å². The van der Waals surface area contributed by atoms with E-state index in [9.17, 15) is 4.79 Å². The highest BCUT2D eigenvalue weighted by Crippen LogP contribution is 2.29. The molecule has 1 aromatic carbocycles. The number of carboxylic acids is 1. The first-order valence-corrected chi connectivity index (χ1v) is 6.36. The first-order chi connectivity index (χ1) is 8.06. The Morgan fingerprint density at radius 1 is 1.53 bits per heavy atom. The van der Waals surface area contributed by atoms with Gasteiger partial charge in [0.2, 0.25) is 0 Å². The molecule has 0 aliphatic carbocycles. The molecule has 0 fully saturated rings. The molecule has 6 heteroatoms. The van der Waals surface area contributed by atoms with Crippen molar-refractivity contribution in [3.05, 3.63) is 39.3 Å². The Kier molecular flexibility index (Phi) is 3.44. The van der Waals surface area contributed by atoms with Crippen molar-refractivity contribution < 1.29 is 14.6 Å². The number of aryl methyl sites for hydroxylation is 1. The van der Waals surface area contributed by atoms with Gasteiger partial charge >= 0.3 is 5.97 Å². The van der Waals surface area contributed by atoms with E-state index in [0.717, 1.165) is 5.69 Å². The number of hydrogen-bond acceptors (Lipinski definition) is 4. The van der Waals surface area contributed by atoms with Crippen LogP contribution in [0.1, 0.15) is 16.1 Å². The van der Waals surface area contributed by atoms with Crippen LogP contribution in [0.25, 0.3) is 0 Å². The molecule has 17 heavy (non-hydrogen) atoms. The average molecular weight is 314 g/mol. The Morgan fingerprint density at radius 3 is 2.88 bits per heavy atom. The van der Waals surface area contributed by atoms with Crippen LogP contribution in [-0.4, -0.2) is 16.1 Å². The fourth-order valence-corrected chi connectivity index (χ4v) is 2.25. The van der Waals surface area contributed by atoms with E-state index < -0.39 is 5.97 Å². The summed E-state index contributed by atoms with van der Waals surface area (Å²) < 4.78 is 6.14. The van der Waals surface area contributed by atoms with Gasteiger partial charge in [0.25, 0.3) is 5.19 Å². The Balaban J connectivity index is 2.35. The van der Waals surface area contributed by atoms with E-state index in [1.165, 1.54) is 17.4 Å². The summed E-state index contributed by atoms with van der Waals surface area (Å²) in [7, 11) is 0. The van der Waals surface area contributed by atoms with Gasteiger partial charge in [0.15, 0.2) is 0 Å². The first-order valence-electron chi connectivity index (χ1n) is 4.69. The van der Waals surface area contributed by atoms with E-state index in [0.29, 0.717) is 9.67 Å². The third-order valence-corrected chi connectivity index (χ3v) is 3.30. The number of ether oxygens (including phenoxy) is 1. The second-order valence-electron chi connectivity index (χ2n) is 3.30. The van der Waals surface area contributed by atoms with Crippen LogP contribution in [0.2, 0.25) is 0 Å². The largest absolute Gasteiger partial charge is 0.478 e. The number of benzene rings is 1. The normalized spacial score (nSPS) is 10.2. The lowest BCUT2D eigenvalue weighted by atomic mass is 10.2. The van der Waals surface area contributed by atoms with E-state index in [4.69, 9.17) is 9.84 Å². The predicted molar refractivity (Wildman–Crippen MR) is 68.0 cm³/mol. The maximum atomic E-state index is 11.1. The van der Waals surface area contributed by atoms with E-state index in [-0.39, 0.29) is 11.3 Å². The SMILES string of the molecule is Cc1csc(Oc2ccc(Br)cc2C(=O)O)n1. The number of carboxylic acid groups (broad SMARTS) is 1. The Labute approximate surface area is 110 Å². The molecule has 0 bridgehead atoms. The second kappa shape index (κ2) is 4.85. The van der Waals surface area contributed by atoms with Crippen molar-refractivity contribution >= 4 is 33.2 Å². The monoisotopic (exact) mass is 313 g/mol. The van der Waals surface area contributed by atoms with Crippen LogP contribution >= 0.6 is 27.3 Å². The smallest absolute Gasteiger partial charge is 0.339 e. The lowest BCUT2D eigenvalue weighted by Crippen LogP contribution is -1.99. The zero-order valence-electron chi connectivity index (χ0n) is 8.81. The molecule has 1 aromatic heterocycles. The molecule has 1 N–H and O–H groups in total. The average Bonchev–Trinajstić information content (AvgIpc) is 2.66. The molecule has 0 radical (unpaired) electrons. The predicted octanol–water partition coefficient (Wildman–Crippen LogP) is 3.70. The minimum Gasteiger partial charge on any atom is -0.478 e. The van der Waals surface area contributed by atoms with Crippen molar-refractivity contribution in [1.29, 1.82) is 0 Å². The summed E-state index contributed by atoms with van der Waals surface area (Å²) in [6, 6.07) is 4.82. The fourth-order valence-electron chi connectivity index (χ4n) is 1.23. The van der Waals surface area contributed by atoms with Gasteiger partial charge < -0.3 is 9.84 Å². The van der Waals surface area contributed by atoms with Gasteiger partial charge in [-0.3, -0.25) is 0 Å². The van der Waals surface area contributed by atoms with Gasteiger partial charge in [-0.15, -0.1) is 0 Å². The zero-order chi connectivity index (χ0) is 12.4. The van der Waals surface area contributed by atoms with Crippen LogP contribution in [0.3, 0.4) is 0 Å². The summed E-state index contributed by atoms with van der Waals surface area (Å²) in [5.74, 6) is -0.746. The third-order valence-electron chi connectivity index (χ3n) is 1.97. The van der Waals surface area contributed by atoms with Crippen LogP contribution < -0.4 is 4.74 Å². The number of hydrogen-bond donors (Lipinski definition) is 1. The van der Waals surface area contributed by atoms with Crippen molar-refractivity contribution in [2.75, 3.05) is 0 Å². The van der Waals surface area contributed by atoms with Gasteiger partial charge in [-0.1, -0.05) is 27.3 Å². The van der Waals surface area contributed by atoms with Crippen molar-refractivity contribution in [2.45, 2.75) is 6.92 Å². The number of rotatable bonds is 3. The molecular weight excluding hydrogens is 306 g/mol. The van der Waals surface area contributed by atoms with Crippen molar-refractivity contribution in [3.63, 3.8) is 0 Å². The first kappa shape index (κ1) is 12.1. The van der Waals surface area contributed by atoms with Gasteiger partial charge in [-0.25, -0.2) is 9.78 Å². The molecule has 1 heterocycles. The quantitative estimate of drug-likeness (QED) is 0.938. The van der Waals surface area contributed by atoms with E-state index in [2.05, 4.69) is 20.9 Å². The highest BCUT2D eigenvalue weighted by molar-refractivity contribution is 9.10. The Morgan fingerprint density at radius 2 is 2.29 bits per heavy atom. The number of thiazole rings is 1.